The summed E-state index contributed by atoms with van der Waals surface area (Å²) in [6, 6.07) is 0. The number of alkyl halides is 9. The summed E-state index contributed by atoms with van der Waals surface area (Å²) < 4.78 is 92.5. The molecular formula is C4ClF8KO. The van der Waals surface area contributed by atoms with Gasteiger partial charge >= 0.3 is 69.1 Å². The average Bonchev–Trinajstić information content (AvgIpc) is 1.77. The van der Waals surface area contributed by atoms with E-state index in [0.717, 1.165) is 0 Å². The molecule has 86 valence electrons. The van der Waals surface area contributed by atoms with Gasteiger partial charge in [0, 0.05) is 0 Å². The third-order valence-corrected chi connectivity index (χ3v) is 1.46. The van der Waals surface area contributed by atoms with Crippen LogP contribution in [0.2, 0.25) is 0 Å². The van der Waals surface area contributed by atoms with Crippen molar-refractivity contribution in [3.63, 3.8) is 0 Å². The summed E-state index contributed by atoms with van der Waals surface area (Å²) in [6.45, 7) is 0. The van der Waals surface area contributed by atoms with E-state index in [1.165, 1.54) is 0 Å². The summed E-state index contributed by atoms with van der Waals surface area (Å²) in [6.07, 6.45) is -13.5. The quantitative estimate of drug-likeness (QED) is 0.347. The number of hydrogen-bond acceptors (Lipinski definition) is 1. The van der Waals surface area contributed by atoms with E-state index in [2.05, 4.69) is 11.6 Å². The fourth-order valence-electron chi connectivity index (χ4n) is 0.482. The van der Waals surface area contributed by atoms with Crippen molar-refractivity contribution in [2.45, 2.75) is 23.3 Å². The van der Waals surface area contributed by atoms with Crippen LogP contribution in [0.25, 0.3) is 0 Å². The van der Waals surface area contributed by atoms with E-state index < -0.39 is 23.3 Å². The van der Waals surface area contributed by atoms with Gasteiger partial charge in [-0.05, 0) is 11.6 Å². The van der Waals surface area contributed by atoms with Crippen LogP contribution in [0, 0.1) is 0 Å². The van der Waals surface area contributed by atoms with E-state index in [1.807, 2.05) is 0 Å². The number of halogens is 9. The van der Waals surface area contributed by atoms with Crippen molar-refractivity contribution >= 4 is 11.6 Å². The molecular weight excluding hydrogens is 291 g/mol. The fraction of sp³-hybridized carbons (Fsp3) is 1.00. The van der Waals surface area contributed by atoms with Crippen molar-refractivity contribution in [3.05, 3.63) is 0 Å². The van der Waals surface area contributed by atoms with Gasteiger partial charge in [-0.15, -0.1) is 0 Å². The van der Waals surface area contributed by atoms with Gasteiger partial charge in [0.25, 0.3) is 0 Å². The molecule has 0 atom stereocenters. The number of rotatable bonds is 1. The first-order valence-electron chi connectivity index (χ1n) is 2.65. The van der Waals surface area contributed by atoms with Gasteiger partial charge in [0.05, 0.1) is 0 Å². The van der Waals surface area contributed by atoms with Gasteiger partial charge in [-0.1, -0.05) is 0 Å². The molecule has 0 aliphatic carbocycles. The first kappa shape index (κ1) is 18.7. The first-order valence-corrected chi connectivity index (χ1v) is 3.03. The second kappa shape index (κ2) is 4.90. The molecule has 0 aromatic carbocycles. The molecule has 0 N–H and O–H groups in total. The normalized spacial score (nSPS) is 14.8. The van der Waals surface area contributed by atoms with Crippen LogP contribution >= 0.6 is 11.6 Å². The van der Waals surface area contributed by atoms with E-state index in [9.17, 15) is 40.2 Å². The van der Waals surface area contributed by atoms with Crippen LogP contribution in [-0.2, 0) is 0 Å². The molecule has 0 amide bonds. The standard InChI is InChI=1S/C4ClF8O.K/c5-2(6,7)1(14,3(8,9)10)4(11,12)13;/q-1;+1. The smallest absolute Gasteiger partial charge is 0.831 e. The molecule has 0 unspecified atom stereocenters. The Bertz CT molecular complexity index is 180. The summed E-state index contributed by atoms with van der Waals surface area (Å²) in [5.74, 6) is 0. The Kier molecular flexibility index (Phi) is 6.11. The second-order valence-electron chi connectivity index (χ2n) is 2.17. The molecule has 0 aromatic heterocycles. The molecule has 0 rings (SSSR count). The van der Waals surface area contributed by atoms with Crippen LogP contribution in [0.3, 0.4) is 0 Å². The third-order valence-electron chi connectivity index (χ3n) is 1.20. The van der Waals surface area contributed by atoms with Gasteiger partial charge in [0.15, 0.2) is 5.60 Å². The molecule has 15 heavy (non-hydrogen) atoms. The molecule has 1 nitrogen and oxygen atoms in total. The van der Waals surface area contributed by atoms with E-state index in [0.29, 0.717) is 0 Å². The topological polar surface area (TPSA) is 23.1 Å². The van der Waals surface area contributed by atoms with Crippen LogP contribution < -0.4 is 56.5 Å². The van der Waals surface area contributed by atoms with Crippen molar-refractivity contribution < 1.29 is 91.6 Å². The van der Waals surface area contributed by atoms with Gasteiger partial charge in [-0.2, -0.15) is 35.1 Å². The molecule has 0 bridgehead atoms. The molecule has 0 spiro atoms. The Morgan fingerprint density at radius 1 is 0.733 bits per heavy atom. The SMILES string of the molecule is [K+].[O-]C(C(F)(F)F)(C(F)(F)F)C(F)(F)Cl. The van der Waals surface area contributed by atoms with Crippen molar-refractivity contribution in [3.8, 4) is 0 Å². The maximum atomic E-state index is 11.8. The van der Waals surface area contributed by atoms with Crippen molar-refractivity contribution in [2.24, 2.45) is 0 Å². The minimum atomic E-state index is -6.74. The van der Waals surface area contributed by atoms with E-state index in [4.69, 9.17) is 0 Å². The summed E-state index contributed by atoms with van der Waals surface area (Å²) >= 11 is 3.52. The van der Waals surface area contributed by atoms with E-state index in [1.54, 1.807) is 0 Å². The average molecular weight is 291 g/mol. The second-order valence-corrected chi connectivity index (χ2v) is 2.65. The van der Waals surface area contributed by atoms with Crippen LogP contribution in [0.15, 0.2) is 0 Å². The largest absolute Gasteiger partial charge is 1.00 e. The van der Waals surface area contributed by atoms with E-state index >= 15 is 0 Å². The molecule has 0 aliphatic rings. The Balaban J connectivity index is 0. The van der Waals surface area contributed by atoms with Gasteiger partial charge in [-0.25, -0.2) is 0 Å². The first-order chi connectivity index (χ1) is 5.75. The molecule has 0 saturated heterocycles. The van der Waals surface area contributed by atoms with Crippen molar-refractivity contribution in [1.82, 2.24) is 0 Å². The Labute approximate surface area is 125 Å². The number of hydrogen-bond donors (Lipinski definition) is 0. The Morgan fingerprint density at radius 3 is 0.933 bits per heavy atom. The van der Waals surface area contributed by atoms with E-state index in [-0.39, 0.29) is 51.4 Å². The third kappa shape index (κ3) is 3.39. The molecule has 0 radical (unpaired) electrons. The van der Waals surface area contributed by atoms with Crippen molar-refractivity contribution in [2.75, 3.05) is 0 Å². The van der Waals surface area contributed by atoms with Crippen molar-refractivity contribution in [1.29, 1.82) is 0 Å². The summed E-state index contributed by atoms with van der Waals surface area (Å²) in [5.41, 5.74) is -6.51. The molecule has 0 fully saturated rings. The molecule has 0 aromatic rings. The zero-order chi connectivity index (χ0) is 12.0. The molecule has 0 heterocycles. The maximum Gasteiger partial charge on any atom is 1.00 e. The summed E-state index contributed by atoms with van der Waals surface area (Å²) in [7, 11) is 0. The maximum absolute atomic E-state index is 11.8. The minimum Gasteiger partial charge on any atom is -0.831 e. The van der Waals surface area contributed by atoms with Gasteiger partial charge in [-0.3, -0.25) is 0 Å². The molecule has 11 heteroatoms. The summed E-state index contributed by atoms with van der Waals surface area (Å²) in [4.78, 5) is 0. The Morgan fingerprint density at radius 2 is 0.933 bits per heavy atom. The molecule has 0 aliphatic heterocycles. The Hall–Kier alpha value is 1.33. The zero-order valence-electron chi connectivity index (χ0n) is 6.81. The minimum absolute atomic E-state index is 0. The predicted molar refractivity (Wildman–Crippen MR) is 25.6 cm³/mol. The zero-order valence-corrected chi connectivity index (χ0v) is 10.7. The van der Waals surface area contributed by atoms with Gasteiger partial charge in [0.1, 0.15) is 0 Å². The van der Waals surface area contributed by atoms with Crippen LogP contribution in [0.4, 0.5) is 35.1 Å². The predicted octanol–water partition coefficient (Wildman–Crippen LogP) is -0.954. The van der Waals surface area contributed by atoms with Gasteiger partial charge in [0.2, 0.25) is 0 Å². The fourth-order valence-corrected chi connectivity index (χ4v) is 0.696. The monoisotopic (exact) mass is 290 g/mol. The van der Waals surface area contributed by atoms with Crippen LogP contribution in [0.5, 0.6) is 0 Å². The molecule has 0 saturated carbocycles. The van der Waals surface area contributed by atoms with Crippen LogP contribution in [-0.4, -0.2) is 23.3 Å². The van der Waals surface area contributed by atoms with Crippen LogP contribution in [0.1, 0.15) is 0 Å². The summed E-state index contributed by atoms with van der Waals surface area (Å²) in [5, 5.41) is 4.02. The van der Waals surface area contributed by atoms with Gasteiger partial charge < -0.3 is 5.11 Å².